The molecule has 2 atom stereocenters. The molecule has 3 nitrogen and oxygen atoms in total. The van der Waals surface area contributed by atoms with Crippen LogP contribution in [0.2, 0.25) is 5.15 Å². The lowest BCUT2D eigenvalue weighted by atomic mass is 9.94. The van der Waals surface area contributed by atoms with Crippen LogP contribution in [0.3, 0.4) is 0 Å². The topological polar surface area (TPSA) is 34.1 Å². The number of methoxy groups -OCH3 is 1. The Balaban J connectivity index is 1.92. The van der Waals surface area contributed by atoms with Crippen LogP contribution in [0.15, 0.2) is 18.3 Å². The molecule has 84 valence electrons. The highest BCUT2D eigenvalue weighted by Gasteiger charge is 2.34. The molecular formula is C12H13ClN2O. The van der Waals surface area contributed by atoms with Crippen LogP contribution in [0.4, 0.5) is 0 Å². The van der Waals surface area contributed by atoms with Crippen molar-refractivity contribution in [1.82, 2.24) is 10.3 Å². The van der Waals surface area contributed by atoms with Gasteiger partial charge < -0.3 is 10.1 Å². The zero-order valence-corrected chi connectivity index (χ0v) is 9.79. The van der Waals surface area contributed by atoms with Crippen LogP contribution in [0.1, 0.15) is 12.0 Å². The van der Waals surface area contributed by atoms with Gasteiger partial charge >= 0.3 is 0 Å². The van der Waals surface area contributed by atoms with Crippen molar-refractivity contribution in [3.8, 4) is 5.75 Å². The molecule has 1 aromatic heterocycles. The third-order valence-electron chi connectivity index (χ3n) is 3.38. The number of ether oxygens (including phenoxy) is 1. The highest BCUT2D eigenvalue weighted by molar-refractivity contribution is 6.30. The minimum atomic E-state index is 0.422. The summed E-state index contributed by atoms with van der Waals surface area (Å²) < 4.78 is 5.18. The monoisotopic (exact) mass is 236 g/mol. The molecule has 1 saturated heterocycles. The normalized spacial score (nSPS) is 27.0. The maximum atomic E-state index is 5.90. The first kappa shape index (κ1) is 10.1. The Bertz CT molecular complexity index is 458. The van der Waals surface area contributed by atoms with Crippen LogP contribution >= 0.6 is 11.6 Å². The average molecular weight is 237 g/mol. The molecule has 0 aromatic carbocycles. The molecule has 1 aliphatic carbocycles. The predicted molar refractivity (Wildman–Crippen MR) is 63.7 cm³/mol. The number of hydrogen-bond acceptors (Lipinski definition) is 3. The van der Waals surface area contributed by atoms with E-state index < -0.39 is 0 Å². The summed E-state index contributed by atoms with van der Waals surface area (Å²) in [6.07, 6.45) is 5.24. The first-order valence-corrected chi connectivity index (χ1v) is 5.79. The van der Waals surface area contributed by atoms with E-state index in [1.807, 2.05) is 12.3 Å². The molecule has 1 aliphatic heterocycles. The molecule has 1 N–H and O–H groups in total. The van der Waals surface area contributed by atoms with Gasteiger partial charge in [0.15, 0.2) is 10.9 Å². The third kappa shape index (κ3) is 1.51. The second kappa shape index (κ2) is 3.75. The van der Waals surface area contributed by atoms with Crippen molar-refractivity contribution in [2.75, 3.05) is 13.7 Å². The van der Waals surface area contributed by atoms with Gasteiger partial charge in [-0.1, -0.05) is 17.7 Å². The quantitative estimate of drug-likeness (QED) is 0.799. The molecule has 16 heavy (non-hydrogen) atoms. The van der Waals surface area contributed by atoms with Crippen molar-refractivity contribution in [3.63, 3.8) is 0 Å². The molecule has 0 bridgehead atoms. The fourth-order valence-electron chi connectivity index (χ4n) is 2.34. The van der Waals surface area contributed by atoms with E-state index in [-0.39, 0.29) is 0 Å². The van der Waals surface area contributed by atoms with Gasteiger partial charge in [-0.15, -0.1) is 0 Å². The number of halogens is 1. The summed E-state index contributed by atoms with van der Waals surface area (Å²) in [5.41, 5.74) is 2.47. The minimum absolute atomic E-state index is 0.422. The first-order chi connectivity index (χ1) is 7.78. The Labute approximate surface area is 99.5 Å². The summed E-state index contributed by atoms with van der Waals surface area (Å²) >= 11 is 5.90. The molecular weight excluding hydrogens is 224 g/mol. The number of allylic oxidation sites excluding steroid dienone is 1. The Morgan fingerprint density at radius 2 is 2.44 bits per heavy atom. The molecule has 0 spiro atoms. The average Bonchev–Trinajstić information content (AvgIpc) is 2.56. The van der Waals surface area contributed by atoms with Gasteiger partial charge in [-0.3, -0.25) is 0 Å². The number of rotatable bonds is 2. The lowest BCUT2D eigenvalue weighted by Crippen LogP contribution is -2.49. The standard InChI is InChI=1S/C12H13ClN2O/c1-16-11-4-8(5-15-12(11)13)7-2-9-6-14-10(9)3-7/h3-5,9-10,14H,2,6H2,1H3/t9-,10-/m0/s1. The molecule has 2 aliphatic rings. The van der Waals surface area contributed by atoms with E-state index in [9.17, 15) is 0 Å². The minimum Gasteiger partial charge on any atom is -0.494 e. The van der Waals surface area contributed by atoms with Crippen molar-refractivity contribution < 1.29 is 4.74 Å². The van der Waals surface area contributed by atoms with Gasteiger partial charge in [0.05, 0.1) is 7.11 Å². The van der Waals surface area contributed by atoms with Crippen LogP contribution in [0.25, 0.3) is 5.57 Å². The highest BCUT2D eigenvalue weighted by atomic mass is 35.5. The van der Waals surface area contributed by atoms with Crippen molar-refractivity contribution in [3.05, 3.63) is 29.1 Å². The number of nitrogens with zero attached hydrogens (tertiary/aromatic N) is 1. The second-order valence-electron chi connectivity index (χ2n) is 4.31. The van der Waals surface area contributed by atoms with E-state index in [4.69, 9.17) is 16.3 Å². The van der Waals surface area contributed by atoms with E-state index in [2.05, 4.69) is 16.4 Å². The van der Waals surface area contributed by atoms with Crippen molar-refractivity contribution in [1.29, 1.82) is 0 Å². The Morgan fingerprint density at radius 1 is 1.56 bits per heavy atom. The fourth-order valence-corrected chi connectivity index (χ4v) is 2.52. The fraction of sp³-hybridized carbons (Fsp3) is 0.417. The lowest BCUT2D eigenvalue weighted by Gasteiger charge is -2.31. The first-order valence-electron chi connectivity index (χ1n) is 5.42. The predicted octanol–water partition coefficient (Wildman–Crippen LogP) is 2.12. The molecule has 0 radical (unpaired) electrons. The Kier molecular flexibility index (Phi) is 2.37. The van der Waals surface area contributed by atoms with Gasteiger partial charge in [0.25, 0.3) is 0 Å². The lowest BCUT2D eigenvalue weighted by molar-refractivity contribution is 0.301. The van der Waals surface area contributed by atoms with Gasteiger partial charge in [0, 0.05) is 18.8 Å². The van der Waals surface area contributed by atoms with E-state index in [1.54, 1.807) is 7.11 Å². The maximum Gasteiger partial charge on any atom is 0.171 e. The third-order valence-corrected chi connectivity index (χ3v) is 3.67. The Hall–Kier alpha value is -1.06. The zero-order chi connectivity index (χ0) is 11.1. The van der Waals surface area contributed by atoms with Gasteiger partial charge in [-0.2, -0.15) is 0 Å². The van der Waals surface area contributed by atoms with Crippen LogP contribution in [0, 0.1) is 5.92 Å². The summed E-state index contributed by atoms with van der Waals surface area (Å²) in [5, 5.41) is 3.82. The van der Waals surface area contributed by atoms with E-state index in [0.29, 0.717) is 16.9 Å². The van der Waals surface area contributed by atoms with Crippen LogP contribution in [0.5, 0.6) is 5.75 Å². The molecule has 1 fully saturated rings. The number of fused-ring (bicyclic) bond motifs is 1. The summed E-state index contributed by atoms with van der Waals surface area (Å²) in [4.78, 5) is 4.14. The van der Waals surface area contributed by atoms with Crippen LogP contribution in [-0.2, 0) is 0 Å². The second-order valence-corrected chi connectivity index (χ2v) is 4.67. The molecule has 0 amide bonds. The molecule has 4 heteroatoms. The summed E-state index contributed by atoms with van der Waals surface area (Å²) in [5.74, 6) is 1.42. The van der Waals surface area contributed by atoms with E-state index in [0.717, 1.165) is 24.4 Å². The van der Waals surface area contributed by atoms with Gasteiger partial charge in [0.1, 0.15) is 0 Å². The molecule has 0 saturated carbocycles. The smallest absolute Gasteiger partial charge is 0.171 e. The van der Waals surface area contributed by atoms with Crippen molar-refractivity contribution >= 4 is 17.2 Å². The number of pyridine rings is 1. The molecule has 2 heterocycles. The summed E-state index contributed by atoms with van der Waals surface area (Å²) in [7, 11) is 1.61. The SMILES string of the molecule is COc1cc(C2=C[C@@H]3NC[C@@H]3C2)cnc1Cl. The van der Waals surface area contributed by atoms with Gasteiger partial charge in [-0.25, -0.2) is 4.98 Å². The number of aromatic nitrogens is 1. The van der Waals surface area contributed by atoms with E-state index in [1.165, 1.54) is 5.57 Å². The molecule has 1 aromatic rings. The van der Waals surface area contributed by atoms with Crippen molar-refractivity contribution in [2.45, 2.75) is 12.5 Å². The largest absolute Gasteiger partial charge is 0.494 e. The van der Waals surface area contributed by atoms with Crippen LogP contribution in [-0.4, -0.2) is 24.7 Å². The van der Waals surface area contributed by atoms with Crippen molar-refractivity contribution in [2.24, 2.45) is 5.92 Å². The van der Waals surface area contributed by atoms with Crippen LogP contribution < -0.4 is 10.1 Å². The number of hydrogen-bond donors (Lipinski definition) is 1. The zero-order valence-electron chi connectivity index (χ0n) is 9.03. The Morgan fingerprint density at radius 3 is 3.00 bits per heavy atom. The summed E-state index contributed by atoms with van der Waals surface area (Å²) in [6.45, 7) is 1.13. The van der Waals surface area contributed by atoms with E-state index >= 15 is 0 Å². The molecule has 0 unspecified atom stereocenters. The molecule has 3 rings (SSSR count). The van der Waals surface area contributed by atoms with Gasteiger partial charge in [-0.05, 0) is 29.5 Å². The maximum absolute atomic E-state index is 5.90. The van der Waals surface area contributed by atoms with Gasteiger partial charge in [0.2, 0.25) is 0 Å². The number of nitrogens with one attached hydrogen (secondary N) is 1. The summed E-state index contributed by atoms with van der Waals surface area (Å²) in [6, 6.07) is 2.53. The highest BCUT2D eigenvalue weighted by Crippen LogP contribution is 2.37.